The Morgan fingerprint density at radius 2 is 1.50 bits per heavy atom. The Morgan fingerprint density at radius 3 is 2.17 bits per heavy atom. The van der Waals surface area contributed by atoms with Crippen molar-refractivity contribution in [2.75, 3.05) is 31.5 Å². The van der Waals surface area contributed by atoms with Gasteiger partial charge in [-0.3, -0.25) is 0 Å². The van der Waals surface area contributed by atoms with E-state index in [9.17, 15) is 0 Å². The zero-order valence-electron chi connectivity index (χ0n) is 30.5. The van der Waals surface area contributed by atoms with Crippen molar-refractivity contribution in [1.29, 1.82) is 0 Å². The number of benzene rings is 3. The van der Waals surface area contributed by atoms with Gasteiger partial charge >= 0.3 is 0 Å². The quantitative estimate of drug-likeness (QED) is 0.118. The molecule has 0 amide bonds. The molecule has 278 valence electrons. The van der Waals surface area contributed by atoms with Crippen LogP contribution in [0.25, 0.3) is 21.9 Å². The molecule has 3 aromatic carbocycles. The van der Waals surface area contributed by atoms with Crippen molar-refractivity contribution >= 4 is 45.2 Å². The number of halogens is 2. The van der Waals surface area contributed by atoms with E-state index in [2.05, 4.69) is 32.1 Å². The van der Waals surface area contributed by atoms with Crippen LogP contribution >= 0.6 is 11.6 Å². The molecule has 0 saturated carbocycles. The van der Waals surface area contributed by atoms with Crippen molar-refractivity contribution in [2.24, 2.45) is 0 Å². The molecule has 4 heterocycles. The van der Waals surface area contributed by atoms with E-state index in [4.69, 9.17) is 40.3 Å². The smallest absolute Gasteiger partial charge is 0.164 e. The fourth-order valence-electron chi connectivity index (χ4n) is 7.26. The molecule has 1 saturated heterocycles. The second kappa shape index (κ2) is 14.4. The number of ether oxygens (including phenoxy) is 5. The molecule has 3 aromatic heterocycles. The third-order valence-electron chi connectivity index (χ3n) is 9.99. The molecule has 2 N–H and O–H groups in total. The van der Waals surface area contributed by atoms with Gasteiger partial charge in [0.2, 0.25) is 0 Å². The largest absolute Gasteiger partial charge is 0.497 e. The lowest BCUT2D eigenvalue weighted by Gasteiger charge is -2.25. The maximum Gasteiger partial charge on any atom is 0.164 e. The lowest BCUT2D eigenvalue weighted by Crippen LogP contribution is -2.29. The second-order valence-electron chi connectivity index (χ2n) is 13.8. The van der Waals surface area contributed by atoms with Gasteiger partial charge in [-0.05, 0) is 79.4 Å². The normalized spacial score (nSPS) is 19.0. The van der Waals surface area contributed by atoms with Gasteiger partial charge in [-0.1, -0.05) is 35.9 Å². The monoisotopic (exact) mass is 750 g/mol. The minimum Gasteiger partial charge on any atom is -0.497 e. The minimum atomic E-state index is -0.823. The average Bonchev–Trinajstić information content (AvgIpc) is 3.81. The standard InChI is InChI=1S/C41H40ClFN6O5/c1-23-31(21-52-28-16-33(43)30-18-32(42)39(48-34(30)17-28)45-20-25-8-12-27(51-5)13-9-25)36-37(54-41(2,3)53-36)35(23)49-15-14-29-38(46-22-47-40(29)49)44-19-24-6-10-26(50-4)11-7-24/h6-18,22,35-37H,19-21H2,1-5H3,(H,45,48)(H,44,46,47)/t35-,36-,37+/m1/s1. The molecule has 0 bridgehead atoms. The van der Waals surface area contributed by atoms with E-state index in [0.29, 0.717) is 40.6 Å². The predicted molar refractivity (Wildman–Crippen MR) is 206 cm³/mol. The molecule has 0 spiro atoms. The summed E-state index contributed by atoms with van der Waals surface area (Å²) in [5.74, 6) is 1.77. The molecular formula is C41H40ClFN6O5. The van der Waals surface area contributed by atoms with Gasteiger partial charge in [-0.25, -0.2) is 19.3 Å². The van der Waals surface area contributed by atoms with Crippen molar-refractivity contribution in [2.45, 2.75) is 57.9 Å². The van der Waals surface area contributed by atoms with Crippen LogP contribution in [0.2, 0.25) is 5.02 Å². The Bertz CT molecular complexity index is 2370. The third-order valence-corrected chi connectivity index (χ3v) is 10.3. The van der Waals surface area contributed by atoms with Gasteiger partial charge in [-0.15, -0.1) is 0 Å². The van der Waals surface area contributed by atoms with Gasteiger partial charge < -0.3 is 38.9 Å². The molecule has 13 heteroatoms. The zero-order chi connectivity index (χ0) is 37.6. The third kappa shape index (κ3) is 6.88. The number of hydrogen-bond donors (Lipinski definition) is 2. The maximum atomic E-state index is 15.5. The van der Waals surface area contributed by atoms with Crippen molar-refractivity contribution in [3.63, 3.8) is 0 Å². The fourth-order valence-corrected chi connectivity index (χ4v) is 7.48. The number of pyridine rings is 1. The summed E-state index contributed by atoms with van der Waals surface area (Å²) in [6, 6.07) is 22.0. The molecule has 11 nitrogen and oxygen atoms in total. The highest BCUT2D eigenvalue weighted by Crippen LogP contribution is 2.48. The molecule has 1 aliphatic carbocycles. The van der Waals surface area contributed by atoms with Crippen LogP contribution in [0.5, 0.6) is 17.2 Å². The summed E-state index contributed by atoms with van der Waals surface area (Å²) in [6.07, 6.45) is 2.86. The summed E-state index contributed by atoms with van der Waals surface area (Å²) in [6.45, 7) is 7.09. The van der Waals surface area contributed by atoms with Crippen LogP contribution in [-0.4, -0.2) is 58.3 Å². The Labute approximate surface area is 317 Å². The van der Waals surface area contributed by atoms with E-state index < -0.39 is 11.6 Å². The summed E-state index contributed by atoms with van der Waals surface area (Å²) in [4.78, 5) is 13.9. The lowest BCUT2D eigenvalue weighted by atomic mass is 10.1. The van der Waals surface area contributed by atoms with Crippen LogP contribution in [0.4, 0.5) is 16.0 Å². The van der Waals surface area contributed by atoms with Gasteiger partial charge in [0.05, 0.1) is 36.2 Å². The molecule has 6 aromatic rings. The van der Waals surface area contributed by atoms with Gasteiger partial charge in [0.1, 0.15) is 65.5 Å². The first kappa shape index (κ1) is 35.6. The van der Waals surface area contributed by atoms with E-state index in [1.54, 1.807) is 32.7 Å². The van der Waals surface area contributed by atoms with Crippen molar-refractivity contribution in [1.82, 2.24) is 19.5 Å². The SMILES string of the molecule is COc1ccc(CNc2nc3cc(OCC4=C(C)[C@@H](n5ccc6c(NCc7ccc(OC)cc7)ncnc65)[C@@H]5OC(C)(C)O[C@H]45)cc(F)c3cc2Cl)cc1. The molecule has 0 unspecified atom stereocenters. The molecule has 54 heavy (non-hydrogen) atoms. The fraction of sp³-hybridized carbons (Fsp3) is 0.293. The second-order valence-corrected chi connectivity index (χ2v) is 14.2. The van der Waals surface area contributed by atoms with Crippen LogP contribution in [-0.2, 0) is 22.6 Å². The van der Waals surface area contributed by atoms with Crippen molar-refractivity contribution in [3.05, 3.63) is 118 Å². The molecule has 0 radical (unpaired) electrons. The lowest BCUT2D eigenvalue weighted by molar-refractivity contribution is -0.148. The zero-order valence-corrected chi connectivity index (χ0v) is 31.3. The summed E-state index contributed by atoms with van der Waals surface area (Å²) in [5, 5.41) is 8.22. The Kier molecular flexibility index (Phi) is 9.51. The van der Waals surface area contributed by atoms with E-state index >= 15 is 4.39 Å². The number of anilines is 2. The molecule has 8 rings (SSSR count). The van der Waals surface area contributed by atoms with Crippen LogP contribution in [0.15, 0.2) is 96.5 Å². The average molecular weight is 751 g/mol. The summed E-state index contributed by atoms with van der Waals surface area (Å²) >= 11 is 6.53. The maximum absolute atomic E-state index is 15.5. The van der Waals surface area contributed by atoms with Gasteiger partial charge in [0.15, 0.2) is 5.79 Å². The number of aromatic nitrogens is 4. The Balaban J connectivity index is 1.04. The van der Waals surface area contributed by atoms with E-state index in [1.807, 2.05) is 74.6 Å². The Hall–Kier alpha value is -5.43. The van der Waals surface area contributed by atoms with Crippen molar-refractivity contribution < 1.29 is 28.1 Å². The number of methoxy groups -OCH3 is 2. The van der Waals surface area contributed by atoms with Crippen molar-refractivity contribution in [3.8, 4) is 17.2 Å². The number of hydrogen-bond acceptors (Lipinski definition) is 10. The van der Waals surface area contributed by atoms with E-state index in [-0.39, 0.29) is 24.9 Å². The van der Waals surface area contributed by atoms with Crippen LogP contribution in [0.3, 0.4) is 0 Å². The van der Waals surface area contributed by atoms with E-state index in [0.717, 1.165) is 50.6 Å². The molecule has 1 fully saturated rings. The van der Waals surface area contributed by atoms with Crippen LogP contribution in [0, 0.1) is 5.82 Å². The predicted octanol–water partition coefficient (Wildman–Crippen LogP) is 8.48. The number of rotatable bonds is 12. The van der Waals surface area contributed by atoms with Gasteiger partial charge in [-0.2, -0.15) is 0 Å². The Morgan fingerprint density at radius 1 is 0.833 bits per heavy atom. The highest BCUT2D eigenvalue weighted by molar-refractivity contribution is 6.33. The van der Waals surface area contributed by atoms with E-state index in [1.165, 1.54) is 6.07 Å². The molecule has 3 atom stereocenters. The van der Waals surface area contributed by atoms with Crippen LogP contribution < -0.4 is 24.8 Å². The first-order valence-electron chi connectivity index (χ1n) is 17.6. The van der Waals surface area contributed by atoms with Gasteiger partial charge in [0, 0.05) is 36.8 Å². The molecule has 1 aliphatic heterocycles. The number of fused-ring (bicyclic) bond motifs is 3. The molecular weight excluding hydrogens is 711 g/mol. The van der Waals surface area contributed by atoms with Crippen LogP contribution in [0.1, 0.15) is 37.9 Å². The van der Waals surface area contributed by atoms with Gasteiger partial charge in [0.25, 0.3) is 0 Å². The highest BCUT2D eigenvalue weighted by Gasteiger charge is 2.53. The number of nitrogens with one attached hydrogen (secondary N) is 2. The highest BCUT2D eigenvalue weighted by atomic mass is 35.5. The minimum absolute atomic E-state index is 0.160. The summed E-state index contributed by atoms with van der Waals surface area (Å²) in [5.41, 5.74) is 5.23. The first-order valence-corrected chi connectivity index (χ1v) is 18.0. The molecule has 2 aliphatic rings. The summed E-state index contributed by atoms with van der Waals surface area (Å²) < 4.78 is 47.5. The number of nitrogens with zero attached hydrogens (tertiary/aromatic N) is 4. The summed E-state index contributed by atoms with van der Waals surface area (Å²) in [7, 11) is 3.28. The first-order chi connectivity index (χ1) is 26.1. The topological polar surface area (TPSA) is 114 Å².